The van der Waals surface area contributed by atoms with Crippen LogP contribution in [0, 0.1) is 17.5 Å². The largest absolute Gasteiger partial charge is 0.419 e. The second-order valence-electron chi connectivity index (χ2n) is 4.29. The van der Waals surface area contributed by atoms with Crippen LogP contribution in [0.1, 0.15) is 16.7 Å². The van der Waals surface area contributed by atoms with E-state index in [1.165, 1.54) is 0 Å². The van der Waals surface area contributed by atoms with E-state index in [2.05, 4.69) is 0 Å². The molecule has 0 heterocycles. The molecule has 1 aromatic carbocycles. The summed E-state index contributed by atoms with van der Waals surface area (Å²) < 4.78 is 156. The summed E-state index contributed by atoms with van der Waals surface area (Å²) in [7, 11) is 0. The standard InChI is InChI=1S/C10F12/c11-4-2-1(3(9(18,19)20)5(12)6(4)13)7(14,15)10(21,22)8(2,16)17. The van der Waals surface area contributed by atoms with Gasteiger partial charge >= 0.3 is 23.9 Å². The van der Waals surface area contributed by atoms with Crippen molar-refractivity contribution >= 4 is 0 Å². The van der Waals surface area contributed by atoms with E-state index in [1.807, 2.05) is 0 Å². The molecule has 2 rings (SSSR count). The lowest BCUT2D eigenvalue weighted by Crippen LogP contribution is -2.44. The van der Waals surface area contributed by atoms with Gasteiger partial charge in [-0.1, -0.05) is 0 Å². The van der Waals surface area contributed by atoms with Crippen molar-refractivity contribution in [3.63, 3.8) is 0 Å². The smallest absolute Gasteiger partial charge is 0.203 e. The van der Waals surface area contributed by atoms with E-state index in [-0.39, 0.29) is 0 Å². The number of hydrogen-bond donors (Lipinski definition) is 0. The van der Waals surface area contributed by atoms with Gasteiger partial charge in [0.05, 0.1) is 11.1 Å². The van der Waals surface area contributed by atoms with Gasteiger partial charge in [-0.25, -0.2) is 13.2 Å². The predicted molar refractivity (Wildman–Crippen MR) is 44.1 cm³/mol. The second kappa shape index (κ2) is 4.02. The van der Waals surface area contributed by atoms with Gasteiger partial charge in [0, 0.05) is 0 Å². The first-order valence-corrected chi connectivity index (χ1v) is 5.02. The SMILES string of the molecule is Fc1c(F)c(C(F)(F)F)c2c(c1F)C(F)(F)C(F)(F)C2(F)F. The fourth-order valence-electron chi connectivity index (χ4n) is 2.05. The molecule has 0 N–H and O–H groups in total. The molecular formula is C10F12. The summed E-state index contributed by atoms with van der Waals surface area (Å²) in [6, 6.07) is 0. The molecule has 1 aliphatic carbocycles. The summed E-state index contributed by atoms with van der Waals surface area (Å²) in [5, 5.41) is 0. The van der Waals surface area contributed by atoms with Crippen LogP contribution in [0.3, 0.4) is 0 Å². The monoisotopic (exact) mass is 348 g/mol. The Kier molecular flexibility index (Phi) is 3.06. The minimum absolute atomic E-state index is 3.21. The van der Waals surface area contributed by atoms with Crippen molar-refractivity contribution in [1.82, 2.24) is 0 Å². The molecular weight excluding hydrogens is 348 g/mol. The van der Waals surface area contributed by atoms with Crippen molar-refractivity contribution in [1.29, 1.82) is 0 Å². The van der Waals surface area contributed by atoms with Crippen molar-refractivity contribution in [2.45, 2.75) is 23.9 Å². The minimum atomic E-state index is -6.51. The number of halogens is 12. The Balaban J connectivity index is 3.12. The number of alkyl halides is 9. The number of benzene rings is 1. The Hall–Kier alpha value is -1.62. The average Bonchev–Trinajstić information content (AvgIpc) is 2.41. The van der Waals surface area contributed by atoms with Crippen LogP contribution < -0.4 is 0 Å². The Morgan fingerprint density at radius 2 is 1.00 bits per heavy atom. The van der Waals surface area contributed by atoms with Crippen molar-refractivity contribution in [2.24, 2.45) is 0 Å². The molecule has 0 spiro atoms. The fourth-order valence-corrected chi connectivity index (χ4v) is 2.05. The highest BCUT2D eigenvalue weighted by Gasteiger charge is 2.81. The molecule has 1 aromatic rings. The fraction of sp³-hybridized carbons (Fsp3) is 0.400. The van der Waals surface area contributed by atoms with Crippen molar-refractivity contribution < 1.29 is 52.7 Å². The topological polar surface area (TPSA) is 0 Å². The van der Waals surface area contributed by atoms with Gasteiger partial charge in [-0.3, -0.25) is 0 Å². The minimum Gasteiger partial charge on any atom is -0.203 e. The second-order valence-corrected chi connectivity index (χ2v) is 4.29. The van der Waals surface area contributed by atoms with E-state index >= 15 is 0 Å². The van der Waals surface area contributed by atoms with Gasteiger partial charge in [-0.2, -0.15) is 39.5 Å². The summed E-state index contributed by atoms with van der Waals surface area (Å²) in [6.45, 7) is 0. The van der Waals surface area contributed by atoms with Crippen LogP contribution in [0.4, 0.5) is 52.7 Å². The molecule has 0 saturated carbocycles. The third-order valence-electron chi connectivity index (χ3n) is 3.02. The molecule has 0 saturated heterocycles. The third-order valence-corrected chi connectivity index (χ3v) is 3.02. The maximum atomic E-state index is 13.3. The molecule has 0 atom stereocenters. The summed E-state index contributed by atoms with van der Waals surface area (Å²) >= 11 is 0. The van der Waals surface area contributed by atoms with E-state index in [0.29, 0.717) is 0 Å². The quantitative estimate of drug-likeness (QED) is 0.460. The molecule has 0 bridgehead atoms. The first-order chi connectivity index (χ1) is 9.60. The molecule has 0 radical (unpaired) electrons. The van der Waals surface area contributed by atoms with Crippen molar-refractivity contribution in [3.05, 3.63) is 34.1 Å². The molecule has 124 valence electrons. The highest BCUT2D eigenvalue weighted by Crippen LogP contribution is 2.65. The molecule has 0 unspecified atom stereocenters. The van der Waals surface area contributed by atoms with Gasteiger partial charge in [-0.15, -0.1) is 0 Å². The maximum absolute atomic E-state index is 13.3. The molecule has 0 aliphatic heterocycles. The molecule has 0 aromatic heterocycles. The van der Waals surface area contributed by atoms with Crippen LogP contribution in [-0.4, -0.2) is 5.92 Å². The lowest BCUT2D eigenvalue weighted by molar-refractivity contribution is -0.303. The van der Waals surface area contributed by atoms with Crippen LogP contribution in [0.2, 0.25) is 0 Å². The van der Waals surface area contributed by atoms with Crippen molar-refractivity contribution in [3.8, 4) is 0 Å². The van der Waals surface area contributed by atoms with Gasteiger partial charge in [0.15, 0.2) is 17.5 Å². The third kappa shape index (κ3) is 1.63. The molecule has 22 heavy (non-hydrogen) atoms. The normalized spacial score (nSPS) is 21.8. The predicted octanol–water partition coefficient (Wildman–Crippen LogP) is 4.96. The van der Waals surface area contributed by atoms with E-state index in [4.69, 9.17) is 0 Å². The van der Waals surface area contributed by atoms with Gasteiger partial charge in [0.1, 0.15) is 5.56 Å². The average molecular weight is 348 g/mol. The zero-order valence-corrected chi connectivity index (χ0v) is 9.54. The molecule has 0 amide bonds. The van der Waals surface area contributed by atoms with Crippen molar-refractivity contribution in [2.75, 3.05) is 0 Å². The van der Waals surface area contributed by atoms with Crippen LogP contribution in [0.15, 0.2) is 0 Å². The zero-order chi connectivity index (χ0) is 17.5. The molecule has 12 heteroatoms. The zero-order valence-electron chi connectivity index (χ0n) is 9.54. The van der Waals surface area contributed by atoms with Crippen LogP contribution in [-0.2, 0) is 18.0 Å². The highest BCUT2D eigenvalue weighted by atomic mass is 19.4. The Morgan fingerprint density at radius 1 is 0.591 bits per heavy atom. The highest BCUT2D eigenvalue weighted by molar-refractivity contribution is 5.52. The van der Waals surface area contributed by atoms with E-state index in [1.54, 1.807) is 0 Å². The lowest BCUT2D eigenvalue weighted by Gasteiger charge is -2.24. The molecule has 1 aliphatic rings. The van der Waals surface area contributed by atoms with E-state index < -0.39 is 58.1 Å². The Labute approximate surface area is 112 Å². The lowest BCUT2D eigenvalue weighted by atomic mass is 9.98. The van der Waals surface area contributed by atoms with Gasteiger partial charge in [0.2, 0.25) is 0 Å². The molecule has 0 fully saturated rings. The number of fused-ring (bicyclic) bond motifs is 1. The van der Waals surface area contributed by atoms with Gasteiger partial charge in [0.25, 0.3) is 0 Å². The first kappa shape index (κ1) is 16.7. The summed E-state index contributed by atoms with van der Waals surface area (Å²) in [4.78, 5) is 0. The van der Waals surface area contributed by atoms with E-state index in [0.717, 1.165) is 0 Å². The molecule has 0 nitrogen and oxygen atoms in total. The Morgan fingerprint density at radius 3 is 1.41 bits per heavy atom. The van der Waals surface area contributed by atoms with Crippen LogP contribution >= 0.6 is 0 Å². The van der Waals surface area contributed by atoms with Crippen LogP contribution in [0.25, 0.3) is 0 Å². The summed E-state index contributed by atoms with van der Waals surface area (Å²) in [5.41, 5.74) is -9.93. The number of hydrogen-bond acceptors (Lipinski definition) is 0. The van der Waals surface area contributed by atoms with E-state index in [9.17, 15) is 52.7 Å². The number of rotatable bonds is 0. The van der Waals surface area contributed by atoms with Gasteiger partial charge in [-0.05, 0) is 0 Å². The summed E-state index contributed by atoms with van der Waals surface area (Å²) in [6.07, 6.45) is -6.25. The van der Waals surface area contributed by atoms with Crippen LogP contribution in [0.5, 0.6) is 0 Å². The summed E-state index contributed by atoms with van der Waals surface area (Å²) in [5.74, 6) is -28.7. The maximum Gasteiger partial charge on any atom is 0.419 e. The first-order valence-electron chi connectivity index (χ1n) is 5.02. The Bertz CT molecular complexity index is 653. The van der Waals surface area contributed by atoms with Gasteiger partial charge < -0.3 is 0 Å².